The number of rotatable bonds is 5. The third-order valence-corrected chi connectivity index (χ3v) is 4.88. The van der Waals surface area contributed by atoms with Gasteiger partial charge in [-0.25, -0.2) is 8.91 Å². The van der Waals surface area contributed by atoms with E-state index in [0.29, 0.717) is 17.9 Å². The van der Waals surface area contributed by atoms with E-state index in [9.17, 15) is 9.18 Å². The van der Waals surface area contributed by atoms with Crippen LogP contribution in [0.3, 0.4) is 0 Å². The molecule has 1 saturated heterocycles. The Morgan fingerprint density at radius 3 is 2.63 bits per heavy atom. The van der Waals surface area contributed by atoms with Gasteiger partial charge in [-0.1, -0.05) is 18.2 Å². The molecule has 0 spiro atoms. The average Bonchev–Trinajstić information content (AvgIpc) is 3.13. The second kappa shape index (κ2) is 7.75. The number of amides is 1. The van der Waals surface area contributed by atoms with E-state index in [-0.39, 0.29) is 11.7 Å². The van der Waals surface area contributed by atoms with Crippen LogP contribution in [0.25, 0.3) is 5.52 Å². The van der Waals surface area contributed by atoms with Gasteiger partial charge in [0, 0.05) is 45.5 Å². The number of hydrogen-bond donors (Lipinski definition) is 1. The summed E-state index contributed by atoms with van der Waals surface area (Å²) in [6.45, 7) is 4.58. The first kappa shape index (κ1) is 17.5. The number of anilines is 1. The van der Waals surface area contributed by atoms with E-state index in [1.54, 1.807) is 16.6 Å². The molecule has 0 unspecified atom stereocenters. The summed E-state index contributed by atoms with van der Waals surface area (Å²) in [4.78, 5) is 16.6. The number of piperazine rings is 1. The van der Waals surface area contributed by atoms with Crippen LogP contribution in [-0.2, 0) is 0 Å². The predicted octanol–water partition coefficient (Wildman–Crippen LogP) is 2.03. The molecule has 1 aliphatic heterocycles. The minimum atomic E-state index is -0.175. The zero-order valence-corrected chi connectivity index (χ0v) is 15.0. The third-order valence-electron chi connectivity index (χ3n) is 4.88. The van der Waals surface area contributed by atoms with Crippen LogP contribution in [0, 0.1) is 5.82 Å². The van der Waals surface area contributed by atoms with Crippen LogP contribution in [0.5, 0.6) is 0 Å². The van der Waals surface area contributed by atoms with E-state index in [1.807, 2.05) is 36.5 Å². The lowest BCUT2D eigenvalue weighted by Gasteiger charge is -2.36. The molecule has 140 valence electrons. The second-order valence-electron chi connectivity index (χ2n) is 6.64. The first-order valence-corrected chi connectivity index (χ1v) is 9.15. The van der Waals surface area contributed by atoms with Gasteiger partial charge >= 0.3 is 0 Å². The number of halogens is 1. The van der Waals surface area contributed by atoms with E-state index in [0.717, 1.165) is 38.2 Å². The highest BCUT2D eigenvalue weighted by molar-refractivity contribution is 5.93. The molecule has 4 rings (SSSR count). The number of benzene rings is 1. The monoisotopic (exact) mass is 367 g/mol. The van der Waals surface area contributed by atoms with Crippen LogP contribution in [0.4, 0.5) is 10.1 Å². The zero-order chi connectivity index (χ0) is 18.6. The number of para-hydroxylation sites is 1. The largest absolute Gasteiger partial charge is 0.367 e. The lowest BCUT2D eigenvalue weighted by Crippen LogP contribution is -2.48. The highest BCUT2D eigenvalue weighted by Gasteiger charge is 2.19. The molecule has 1 N–H and O–H groups in total. The first-order valence-electron chi connectivity index (χ1n) is 9.15. The van der Waals surface area contributed by atoms with Crippen LogP contribution >= 0.6 is 0 Å². The number of carbonyl (C=O) groups is 1. The van der Waals surface area contributed by atoms with E-state index >= 15 is 0 Å². The predicted molar refractivity (Wildman–Crippen MR) is 103 cm³/mol. The van der Waals surface area contributed by atoms with Crippen molar-refractivity contribution in [2.75, 3.05) is 44.2 Å². The standard InChI is InChI=1S/C20H22FN5O/c21-17-6-1-2-7-19(17)25-13-11-24(12-14-25)10-8-22-20(27)18-15-16-5-3-4-9-26(16)23-18/h1-7,9,15H,8,10-14H2,(H,22,27). The lowest BCUT2D eigenvalue weighted by molar-refractivity contribution is 0.0942. The molecule has 1 aliphatic rings. The first-order chi connectivity index (χ1) is 13.2. The van der Waals surface area contributed by atoms with E-state index in [4.69, 9.17) is 0 Å². The zero-order valence-electron chi connectivity index (χ0n) is 15.0. The summed E-state index contributed by atoms with van der Waals surface area (Å²) >= 11 is 0. The van der Waals surface area contributed by atoms with Crippen molar-refractivity contribution in [2.24, 2.45) is 0 Å². The molecular formula is C20H22FN5O. The number of aromatic nitrogens is 2. The van der Waals surface area contributed by atoms with Crippen LogP contribution in [0.15, 0.2) is 54.7 Å². The van der Waals surface area contributed by atoms with Gasteiger partial charge in [0.25, 0.3) is 5.91 Å². The van der Waals surface area contributed by atoms with Crippen molar-refractivity contribution in [2.45, 2.75) is 0 Å². The number of pyridine rings is 1. The summed E-state index contributed by atoms with van der Waals surface area (Å²) in [7, 11) is 0. The summed E-state index contributed by atoms with van der Waals surface area (Å²) in [6, 6.07) is 14.4. The molecule has 3 aromatic rings. The van der Waals surface area contributed by atoms with Crippen molar-refractivity contribution < 1.29 is 9.18 Å². The van der Waals surface area contributed by atoms with Crippen molar-refractivity contribution in [3.8, 4) is 0 Å². The molecule has 1 aromatic carbocycles. The lowest BCUT2D eigenvalue weighted by atomic mass is 10.2. The van der Waals surface area contributed by atoms with Gasteiger partial charge in [-0.05, 0) is 30.3 Å². The maximum atomic E-state index is 13.9. The Kier molecular flexibility index (Phi) is 5.02. The molecule has 0 aliphatic carbocycles. The van der Waals surface area contributed by atoms with Gasteiger partial charge in [0.2, 0.25) is 0 Å². The van der Waals surface area contributed by atoms with Gasteiger partial charge in [-0.2, -0.15) is 5.10 Å². The Bertz CT molecular complexity index is 900. The average molecular weight is 367 g/mol. The fraction of sp³-hybridized carbons (Fsp3) is 0.300. The van der Waals surface area contributed by atoms with Crippen molar-refractivity contribution >= 4 is 17.1 Å². The van der Waals surface area contributed by atoms with Crippen LogP contribution < -0.4 is 10.2 Å². The van der Waals surface area contributed by atoms with E-state index in [2.05, 4.69) is 20.2 Å². The number of nitrogens with zero attached hydrogens (tertiary/aromatic N) is 4. The Morgan fingerprint density at radius 2 is 1.85 bits per heavy atom. The van der Waals surface area contributed by atoms with Crippen LogP contribution in [0.1, 0.15) is 10.5 Å². The number of carbonyl (C=O) groups excluding carboxylic acids is 1. The van der Waals surface area contributed by atoms with E-state index < -0.39 is 0 Å². The second-order valence-corrected chi connectivity index (χ2v) is 6.64. The van der Waals surface area contributed by atoms with E-state index in [1.165, 1.54) is 6.07 Å². The van der Waals surface area contributed by atoms with Gasteiger partial charge in [0.05, 0.1) is 11.2 Å². The summed E-state index contributed by atoms with van der Waals surface area (Å²) in [6.07, 6.45) is 1.82. The Hall–Kier alpha value is -2.93. The third kappa shape index (κ3) is 3.93. The van der Waals surface area contributed by atoms with Gasteiger partial charge in [-0.3, -0.25) is 9.69 Å². The molecule has 6 nitrogen and oxygen atoms in total. The van der Waals surface area contributed by atoms with Crippen molar-refractivity contribution in [1.82, 2.24) is 19.8 Å². The summed E-state index contributed by atoms with van der Waals surface area (Å²) < 4.78 is 15.6. The minimum absolute atomic E-state index is 0.163. The SMILES string of the molecule is O=C(NCCN1CCN(c2ccccc2F)CC1)c1cc2ccccn2n1. The van der Waals surface area contributed by atoms with Gasteiger partial charge in [0.1, 0.15) is 5.82 Å². The molecular weight excluding hydrogens is 345 g/mol. The quantitative estimate of drug-likeness (QED) is 0.750. The maximum absolute atomic E-state index is 13.9. The number of hydrogen-bond acceptors (Lipinski definition) is 4. The fourth-order valence-electron chi connectivity index (χ4n) is 3.39. The molecule has 3 heterocycles. The maximum Gasteiger partial charge on any atom is 0.271 e. The molecule has 0 bridgehead atoms. The van der Waals surface area contributed by atoms with Crippen LogP contribution in [-0.4, -0.2) is 59.7 Å². The van der Waals surface area contributed by atoms with Crippen molar-refractivity contribution in [3.05, 3.63) is 66.2 Å². The smallest absolute Gasteiger partial charge is 0.271 e. The summed E-state index contributed by atoms with van der Waals surface area (Å²) in [5, 5.41) is 7.21. The molecule has 1 amide bonds. The van der Waals surface area contributed by atoms with Gasteiger partial charge in [-0.15, -0.1) is 0 Å². The van der Waals surface area contributed by atoms with Crippen molar-refractivity contribution in [1.29, 1.82) is 0 Å². The Labute approximate surface area is 157 Å². The number of nitrogens with one attached hydrogen (secondary N) is 1. The molecule has 0 radical (unpaired) electrons. The highest BCUT2D eigenvalue weighted by atomic mass is 19.1. The molecule has 7 heteroatoms. The van der Waals surface area contributed by atoms with Crippen LogP contribution in [0.2, 0.25) is 0 Å². The Balaban J connectivity index is 1.24. The minimum Gasteiger partial charge on any atom is -0.367 e. The number of fused-ring (bicyclic) bond motifs is 1. The van der Waals surface area contributed by atoms with Gasteiger partial charge in [0.15, 0.2) is 5.69 Å². The topological polar surface area (TPSA) is 52.9 Å². The Morgan fingerprint density at radius 1 is 1.07 bits per heavy atom. The highest BCUT2D eigenvalue weighted by Crippen LogP contribution is 2.19. The summed E-state index contributed by atoms with van der Waals surface area (Å²) in [5.41, 5.74) is 1.98. The molecule has 0 atom stereocenters. The van der Waals surface area contributed by atoms with Crippen molar-refractivity contribution in [3.63, 3.8) is 0 Å². The molecule has 0 saturated carbocycles. The summed E-state index contributed by atoms with van der Waals surface area (Å²) in [5.74, 6) is -0.339. The van der Waals surface area contributed by atoms with Gasteiger partial charge < -0.3 is 10.2 Å². The molecule has 1 fully saturated rings. The molecule has 27 heavy (non-hydrogen) atoms. The molecule has 2 aromatic heterocycles. The fourth-order valence-corrected chi connectivity index (χ4v) is 3.39. The normalized spacial score (nSPS) is 15.2.